The lowest BCUT2D eigenvalue weighted by atomic mass is 9.80. The molecule has 0 aliphatic heterocycles. The van der Waals surface area contributed by atoms with Crippen LogP contribution in [0.25, 0.3) is 0 Å². The van der Waals surface area contributed by atoms with Crippen molar-refractivity contribution in [3.63, 3.8) is 0 Å². The Kier molecular flexibility index (Phi) is 3.19. The first-order valence-corrected chi connectivity index (χ1v) is 5.93. The minimum absolute atomic E-state index is 0.0722. The van der Waals surface area contributed by atoms with E-state index in [1.165, 1.54) is 6.42 Å². The van der Waals surface area contributed by atoms with E-state index in [2.05, 4.69) is 15.5 Å². The number of H-pyrrole nitrogens is 1. The minimum atomic E-state index is -0.138. The second-order valence-electron chi connectivity index (χ2n) is 4.73. The standard InChI is InChI=1S/C12H19N3O2/c1-8-10(9(2)15-14-8)11(16)13-7-12(17-3)5-4-6-12/h4-7H2,1-3H3,(H,13,16)(H,14,15). The quantitative estimate of drug-likeness (QED) is 0.830. The fraction of sp³-hybridized carbons (Fsp3) is 0.667. The number of ether oxygens (including phenoxy) is 1. The van der Waals surface area contributed by atoms with Crippen molar-refractivity contribution in [1.29, 1.82) is 0 Å². The molecule has 5 nitrogen and oxygen atoms in total. The summed E-state index contributed by atoms with van der Waals surface area (Å²) in [5.41, 5.74) is 2.05. The molecule has 0 radical (unpaired) electrons. The molecule has 0 spiro atoms. The second-order valence-corrected chi connectivity index (χ2v) is 4.73. The van der Waals surface area contributed by atoms with E-state index in [0.717, 1.165) is 24.2 Å². The number of aromatic nitrogens is 2. The van der Waals surface area contributed by atoms with Gasteiger partial charge in [-0.3, -0.25) is 9.89 Å². The van der Waals surface area contributed by atoms with Crippen LogP contribution < -0.4 is 5.32 Å². The molecule has 1 aliphatic rings. The summed E-state index contributed by atoms with van der Waals surface area (Å²) in [6, 6.07) is 0. The van der Waals surface area contributed by atoms with E-state index in [1.807, 2.05) is 13.8 Å². The van der Waals surface area contributed by atoms with Crippen LogP contribution in [0.15, 0.2) is 0 Å². The highest BCUT2D eigenvalue weighted by atomic mass is 16.5. The van der Waals surface area contributed by atoms with Crippen molar-refractivity contribution in [2.75, 3.05) is 13.7 Å². The smallest absolute Gasteiger partial charge is 0.255 e. The van der Waals surface area contributed by atoms with Crippen LogP contribution in [0.1, 0.15) is 41.0 Å². The van der Waals surface area contributed by atoms with Crippen LogP contribution in [-0.4, -0.2) is 35.4 Å². The Labute approximate surface area is 101 Å². The molecule has 5 heteroatoms. The molecule has 0 unspecified atom stereocenters. The van der Waals surface area contributed by atoms with E-state index in [0.29, 0.717) is 12.1 Å². The monoisotopic (exact) mass is 237 g/mol. The summed E-state index contributed by atoms with van der Waals surface area (Å²) in [4.78, 5) is 12.0. The number of nitrogens with zero attached hydrogens (tertiary/aromatic N) is 1. The van der Waals surface area contributed by atoms with Crippen LogP contribution in [0.3, 0.4) is 0 Å². The van der Waals surface area contributed by atoms with Crippen molar-refractivity contribution in [1.82, 2.24) is 15.5 Å². The van der Waals surface area contributed by atoms with Crippen LogP contribution in [-0.2, 0) is 4.74 Å². The van der Waals surface area contributed by atoms with Gasteiger partial charge in [0.1, 0.15) is 0 Å². The van der Waals surface area contributed by atoms with Gasteiger partial charge in [-0.25, -0.2) is 0 Å². The number of carbonyl (C=O) groups excluding carboxylic acids is 1. The molecule has 2 rings (SSSR count). The Balaban J connectivity index is 1.98. The zero-order valence-corrected chi connectivity index (χ0v) is 10.6. The van der Waals surface area contributed by atoms with Crippen LogP contribution in [0.4, 0.5) is 0 Å². The number of rotatable bonds is 4. The summed E-state index contributed by atoms with van der Waals surface area (Å²) < 4.78 is 5.46. The van der Waals surface area contributed by atoms with E-state index in [4.69, 9.17) is 4.74 Å². The lowest BCUT2D eigenvalue weighted by Crippen LogP contribution is -2.49. The maximum atomic E-state index is 12.0. The molecule has 0 saturated heterocycles. The number of aromatic amines is 1. The first kappa shape index (κ1) is 12.1. The molecule has 94 valence electrons. The van der Waals surface area contributed by atoms with E-state index < -0.39 is 0 Å². The highest BCUT2D eigenvalue weighted by Crippen LogP contribution is 2.34. The predicted molar refractivity (Wildman–Crippen MR) is 64.0 cm³/mol. The Morgan fingerprint density at radius 3 is 2.65 bits per heavy atom. The molecule has 1 heterocycles. The maximum absolute atomic E-state index is 12.0. The van der Waals surface area contributed by atoms with Gasteiger partial charge in [0.2, 0.25) is 0 Å². The van der Waals surface area contributed by atoms with Crippen LogP contribution in [0.5, 0.6) is 0 Å². The van der Waals surface area contributed by atoms with Crippen molar-refractivity contribution < 1.29 is 9.53 Å². The minimum Gasteiger partial charge on any atom is -0.376 e. The molecule has 2 N–H and O–H groups in total. The number of hydrogen-bond acceptors (Lipinski definition) is 3. The third-order valence-corrected chi connectivity index (χ3v) is 3.62. The summed E-state index contributed by atoms with van der Waals surface area (Å²) in [6.07, 6.45) is 3.22. The first-order valence-electron chi connectivity index (χ1n) is 5.93. The van der Waals surface area contributed by atoms with E-state index in [9.17, 15) is 4.79 Å². The number of nitrogens with one attached hydrogen (secondary N) is 2. The van der Waals surface area contributed by atoms with Gasteiger partial charge in [0.25, 0.3) is 5.91 Å². The highest BCUT2D eigenvalue weighted by Gasteiger charge is 2.37. The van der Waals surface area contributed by atoms with Crippen molar-refractivity contribution in [3.05, 3.63) is 17.0 Å². The summed E-state index contributed by atoms with van der Waals surface area (Å²) in [6.45, 7) is 4.25. The largest absolute Gasteiger partial charge is 0.376 e. The zero-order valence-electron chi connectivity index (χ0n) is 10.6. The molecule has 0 atom stereocenters. The second kappa shape index (κ2) is 4.49. The van der Waals surface area contributed by atoms with Crippen molar-refractivity contribution in [2.45, 2.75) is 38.7 Å². The van der Waals surface area contributed by atoms with Crippen molar-refractivity contribution in [3.8, 4) is 0 Å². The fourth-order valence-electron chi connectivity index (χ4n) is 2.24. The Morgan fingerprint density at radius 1 is 1.53 bits per heavy atom. The Bertz CT molecular complexity index is 396. The highest BCUT2D eigenvalue weighted by molar-refractivity contribution is 5.96. The van der Waals surface area contributed by atoms with E-state index in [1.54, 1.807) is 7.11 Å². The Morgan fingerprint density at radius 2 is 2.24 bits per heavy atom. The van der Waals surface area contributed by atoms with E-state index in [-0.39, 0.29) is 11.5 Å². The molecular weight excluding hydrogens is 218 g/mol. The van der Waals surface area contributed by atoms with E-state index >= 15 is 0 Å². The van der Waals surface area contributed by atoms with Gasteiger partial charge in [0, 0.05) is 19.3 Å². The van der Waals surface area contributed by atoms with Gasteiger partial charge in [-0.05, 0) is 33.1 Å². The average molecular weight is 237 g/mol. The number of carbonyl (C=O) groups is 1. The summed E-state index contributed by atoms with van der Waals surface area (Å²) in [5.74, 6) is -0.0722. The van der Waals surface area contributed by atoms with Gasteiger partial charge in [-0.15, -0.1) is 0 Å². The fourth-order valence-corrected chi connectivity index (χ4v) is 2.24. The molecule has 1 amide bonds. The lowest BCUT2D eigenvalue weighted by molar-refractivity contribution is -0.0679. The van der Waals surface area contributed by atoms with Gasteiger partial charge in [0.05, 0.1) is 16.9 Å². The van der Waals surface area contributed by atoms with Gasteiger partial charge < -0.3 is 10.1 Å². The Hall–Kier alpha value is -1.36. The molecule has 1 aromatic rings. The summed E-state index contributed by atoms with van der Waals surface area (Å²) in [7, 11) is 1.71. The predicted octanol–water partition coefficient (Wildman–Crippen LogP) is 1.33. The van der Waals surface area contributed by atoms with Crippen LogP contribution in [0, 0.1) is 13.8 Å². The molecule has 1 aromatic heterocycles. The molecule has 1 saturated carbocycles. The lowest BCUT2D eigenvalue weighted by Gasteiger charge is -2.40. The molecule has 0 bridgehead atoms. The number of aryl methyl sites for hydroxylation is 2. The number of methoxy groups -OCH3 is 1. The number of hydrogen-bond donors (Lipinski definition) is 2. The average Bonchev–Trinajstić information content (AvgIpc) is 2.57. The molecule has 0 aromatic carbocycles. The summed E-state index contributed by atoms with van der Waals surface area (Å²) >= 11 is 0. The molecular formula is C12H19N3O2. The normalized spacial score (nSPS) is 17.6. The third-order valence-electron chi connectivity index (χ3n) is 3.62. The SMILES string of the molecule is COC1(CNC(=O)c2c(C)n[nH]c2C)CCC1. The van der Waals surface area contributed by atoms with Gasteiger partial charge >= 0.3 is 0 Å². The molecule has 1 aliphatic carbocycles. The van der Waals surface area contributed by atoms with Crippen molar-refractivity contribution in [2.24, 2.45) is 0 Å². The topological polar surface area (TPSA) is 67.0 Å². The van der Waals surface area contributed by atoms with Gasteiger partial charge in [-0.1, -0.05) is 0 Å². The third kappa shape index (κ3) is 2.20. The van der Waals surface area contributed by atoms with Crippen LogP contribution in [0.2, 0.25) is 0 Å². The molecule has 17 heavy (non-hydrogen) atoms. The van der Waals surface area contributed by atoms with Gasteiger partial charge in [-0.2, -0.15) is 5.10 Å². The molecule has 1 fully saturated rings. The van der Waals surface area contributed by atoms with Crippen molar-refractivity contribution >= 4 is 5.91 Å². The maximum Gasteiger partial charge on any atom is 0.255 e. The first-order chi connectivity index (χ1) is 8.08. The van der Waals surface area contributed by atoms with Crippen LogP contribution >= 0.6 is 0 Å². The summed E-state index contributed by atoms with van der Waals surface area (Å²) in [5, 5.41) is 9.77. The van der Waals surface area contributed by atoms with Gasteiger partial charge in [0.15, 0.2) is 0 Å². The zero-order chi connectivity index (χ0) is 12.5. The number of amides is 1.